The van der Waals surface area contributed by atoms with Crippen molar-refractivity contribution in [3.8, 4) is 0 Å². The first-order valence-corrected chi connectivity index (χ1v) is 11.5. The lowest BCUT2D eigenvalue weighted by atomic mass is 9.89. The fourth-order valence-corrected chi connectivity index (χ4v) is 4.88. The Hall–Kier alpha value is -2.17. The maximum absolute atomic E-state index is 13.1. The highest BCUT2D eigenvalue weighted by Gasteiger charge is 2.31. The number of carbonyl (C=O) groups excluding carboxylic acids is 1. The fourth-order valence-electron chi connectivity index (χ4n) is 4.88. The minimum Gasteiger partial charge on any atom is -0.339 e. The molecule has 1 amide bonds. The quantitative estimate of drug-likeness (QED) is 0.734. The van der Waals surface area contributed by atoms with E-state index in [0.717, 1.165) is 51.7 Å². The van der Waals surface area contributed by atoms with E-state index in [2.05, 4.69) is 82.3 Å². The third kappa shape index (κ3) is 5.50. The molecule has 4 nitrogen and oxygen atoms in total. The smallest absolute Gasteiger partial charge is 0.239 e. The number of hydrogen-bond donors (Lipinski definition) is 0. The molecule has 2 aliphatic heterocycles. The Bertz CT molecular complexity index is 778. The summed E-state index contributed by atoms with van der Waals surface area (Å²) in [7, 11) is 0. The molecule has 4 rings (SSSR count). The van der Waals surface area contributed by atoms with Gasteiger partial charge in [0.2, 0.25) is 5.91 Å². The molecule has 2 fully saturated rings. The van der Waals surface area contributed by atoms with Crippen molar-refractivity contribution < 1.29 is 4.79 Å². The zero-order valence-corrected chi connectivity index (χ0v) is 18.2. The minimum atomic E-state index is 0.00310. The Morgan fingerprint density at radius 1 is 0.833 bits per heavy atom. The van der Waals surface area contributed by atoms with Gasteiger partial charge in [-0.25, -0.2) is 0 Å². The lowest BCUT2D eigenvalue weighted by Gasteiger charge is -2.40. The van der Waals surface area contributed by atoms with Crippen molar-refractivity contribution in [2.75, 3.05) is 39.3 Å². The van der Waals surface area contributed by atoms with E-state index >= 15 is 0 Å². The molecule has 2 heterocycles. The molecule has 4 heteroatoms. The van der Waals surface area contributed by atoms with E-state index in [1.165, 1.54) is 30.4 Å². The molecule has 2 saturated heterocycles. The van der Waals surface area contributed by atoms with Gasteiger partial charge >= 0.3 is 0 Å². The molecule has 2 aromatic carbocycles. The second-order valence-electron chi connectivity index (χ2n) is 8.93. The number of carbonyl (C=O) groups is 1. The van der Waals surface area contributed by atoms with E-state index in [-0.39, 0.29) is 6.04 Å². The summed E-state index contributed by atoms with van der Waals surface area (Å²) in [6, 6.07) is 21.4. The van der Waals surface area contributed by atoms with Gasteiger partial charge in [-0.3, -0.25) is 14.6 Å². The summed E-state index contributed by atoms with van der Waals surface area (Å²) in [6.45, 7) is 8.79. The molecule has 1 unspecified atom stereocenters. The van der Waals surface area contributed by atoms with E-state index in [1.807, 2.05) is 0 Å². The van der Waals surface area contributed by atoms with Crippen molar-refractivity contribution in [1.29, 1.82) is 0 Å². The maximum atomic E-state index is 13.1. The van der Waals surface area contributed by atoms with Crippen LogP contribution in [-0.2, 0) is 17.8 Å². The third-order valence-electron chi connectivity index (χ3n) is 6.85. The Morgan fingerprint density at radius 2 is 1.40 bits per heavy atom. The highest BCUT2D eigenvalue weighted by molar-refractivity contribution is 5.81. The van der Waals surface area contributed by atoms with Gasteiger partial charge < -0.3 is 4.90 Å². The lowest BCUT2D eigenvalue weighted by Crippen LogP contribution is -2.55. The van der Waals surface area contributed by atoms with Crippen LogP contribution in [0.4, 0.5) is 0 Å². The van der Waals surface area contributed by atoms with E-state index in [9.17, 15) is 4.79 Å². The summed E-state index contributed by atoms with van der Waals surface area (Å²) in [4.78, 5) is 20.0. The van der Waals surface area contributed by atoms with E-state index in [0.29, 0.717) is 5.91 Å². The van der Waals surface area contributed by atoms with Gasteiger partial charge in [-0.1, -0.05) is 60.7 Å². The highest BCUT2D eigenvalue weighted by Crippen LogP contribution is 2.23. The summed E-state index contributed by atoms with van der Waals surface area (Å²) >= 11 is 0. The van der Waals surface area contributed by atoms with Gasteiger partial charge in [0, 0.05) is 32.7 Å². The number of amides is 1. The van der Waals surface area contributed by atoms with E-state index in [4.69, 9.17) is 0 Å². The number of likely N-dealkylation sites (tertiary alicyclic amines) is 1. The number of hydrogen-bond acceptors (Lipinski definition) is 3. The molecule has 0 saturated carbocycles. The van der Waals surface area contributed by atoms with E-state index < -0.39 is 0 Å². The summed E-state index contributed by atoms with van der Waals surface area (Å²) in [5, 5.41) is 0. The van der Waals surface area contributed by atoms with Gasteiger partial charge in [-0.05, 0) is 56.3 Å². The summed E-state index contributed by atoms with van der Waals surface area (Å²) in [6.07, 6.45) is 3.55. The first-order valence-electron chi connectivity index (χ1n) is 11.5. The molecule has 160 valence electrons. The van der Waals surface area contributed by atoms with Gasteiger partial charge in [0.1, 0.15) is 0 Å². The Balaban J connectivity index is 1.21. The SMILES string of the molecule is CC(C(=O)N1CCN(Cc2ccccc2)CC1)N1CCC(Cc2ccccc2)CC1. The first-order chi connectivity index (χ1) is 14.7. The fraction of sp³-hybridized carbons (Fsp3) is 0.500. The van der Waals surface area contributed by atoms with Crippen LogP contribution in [0.5, 0.6) is 0 Å². The second kappa shape index (κ2) is 10.2. The van der Waals surface area contributed by atoms with E-state index in [1.54, 1.807) is 0 Å². The molecule has 0 radical (unpaired) electrons. The molecule has 0 bridgehead atoms. The third-order valence-corrected chi connectivity index (χ3v) is 6.85. The topological polar surface area (TPSA) is 26.8 Å². The van der Waals surface area contributed by atoms with Crippen LogP contribution < -0.4 is 0 Å². The molecule has 30 heavy (non-hydrogen) atoms. The van der Waals surface area contributed by atoms with Crippen LogP contribution >= 0.6 is 0 Å². The average Bonchev–Trinajstić information content (AvgIpc) is 2.80. The molecule has 0 aliphatic carbocycles. The summed E-state index contributed by atoms with van der Waals surface area (Å²) in [5.74, 6) is 1.06. The van der Waals surface area contributed by atoms with Gasteiger partial charge in [-0.15, -0.1) is 0 Å². The zero-order valence-electron chi connectivity index (χ0n) is 18.2. The predicted octanol–water partition coefficient (Wildman–Crippen LogP) is 3.67. The summed E-state index contributed by atoms with van der Waals surface area (Å²) in [5.41, 5.74) is 2.79. The van der Waals surface area contributed by atoms with Crippen LogP contribution in [0.3, 0.4) is 0 Å². The minimum absolute atomic E-state index is 0.00310. The molecule has 2 aliphatic rings. The number of benzene rings is 2. The van der Waals surface area contributed by atoms with Crippen molar-refractivity contribution in [1.82, 2.24) is 14.7 Å². The molecule has 0 spiro atoms. The highest BCUT2D eigenvalue weighted by atomic mass is 16.2. The Kier molecular flexibility index (Phi) is 7.19. The van der Waals surface area contributed by atoms with Crippen molar-refractivity contribution in [2.24, 2.45) is 5.92 Å². The summed E-state index contributed by atoms with van der Waals surface area (Å²) < 4.78 is 0. The first kappa shape index (κ1) is 21.1. The molecule has 0 N–H and O–H groups in total. The van der Waals surface area contributed by atoms with Crippen molar-refractivity contribution >= 4 is 5.91 Å². The molecule has 2 aromatic rings. The number of nitrogens with zero attached hydrogens (tertiary/aromatic N) is 3. The largest absolute Gasteiger partial charge is 0.339 e. The molecular formula is C26H35N3O. The van der Waals surface area contributed by atoms with Crippen molar-refractivity contribution in [3.63, 3.8) is 0 Å². The normalized spacial score (nSPS) is 20.2. The Morgan fingerprint density at radius 3 is 2.00 bits per heavy atom. The number of rotatable bonds is 6. The van der Waals surface area contributed by atoms with Crippen LogP contribution in [0.25, 0.3) is 0 Å². The van der Waals surface area contributed by atoms with Crippen molar-refractivity contribution in [3.05, 3.63) is 71.8 Å². The van der Waals surface area contributed by atoms with Crippen LogP contribution in [-0.4, -0.2) is 65.9 Å². The molecular weight excluding hydrogens is 370 g/mol. The zero-order chi connectivity index (χ0) is 20.8. The number of piperidine rings is 1. The van der Waals surface area contributed by atoms with Crippen LogP contribution in [0, 0.1) is 5.92 Å². The lowest BCUT2D eigenvalue weighted by molar-refractivity contribution is -0.138. The predicted molar refractivity (Wildman–Crippen MR) is 122 cm³/mol. The number of piperazine rings is 1. The maximum Gasteiger partial charge on any atom is 0.239 e. The van der Waals surface area contributed by atoms with Gasteiger partial charge in [-0.2, -0.15) is 0 Å². The Labute approximate surface area is 181 Å². The van der Waals surface area contributed by atoms with Gasteiger partial charge in [0.05, 0.1) is 6.04 Å². The van der Waals surface area contributed by atoms with Crippen LogP contribution in [0.2, 0.25) is 0 Å². The monoisotopic (exact) mass is 405 g/mol. The van der Waals surface area contributed by atoms with Gasteiger partial charge in [0.15, 0.2) is 0 Å². The molecule has 1 atom stereocenters. The second-order valence-corrected chi connectivity index (χ2v) is 8.93. The standard InChI is InChI=1S/C26H35N3O/c1-22(28-14-12-24(13-15-28)20-23-8-4-2-5-9-23)26(30)29-18-16-27(17-19-29)21-25-10-6-3-7-11-25/h2-11,22,24H,12-21H2,1H3. The van der Waals surface area contributed by atoms with Crippen molar-refractivity contribution in [2.45, 2.75) is 38.8 Å². The molecule has 0 aromatic heterocycles. The average molecular weight is 406 g/mol. The van der Waals surface area contributed by atoms with Crippen LogP contribution in [0.1, 0.15) is 30.9 Å². The van der Waals surface area contributed by atoms with Gasteiger partial charge in [0.25, 0.3) is 0 Å². The van der Waals surface area contributed by atoms with Crippen LogP contribution in [0.15, 0.2) is 60.7 Å².